The van der Waals surface area contributed by atoms with Crippen LogP contribution in [-0.2, 0) is 11.2 Å². The first kappa shape index (κ1) is 17.3. The molecule has 0 unspecified atom stereocenters. The first-order chi connectivity index (χ1) is 12.1. The van der Waals surface area contributed by atoms with Crippen LogP contribution in [0.15, 0.2) is 58.4 Å². The van der Waals surface area contributed by atoms with Crippen LogP contribution in [-0.4, -0.2) is 27.6 Å². The van der Waals surface area contributed by atoms with Gasteiger partial charge >= 0.3 is 0 Å². The molecule has 1 aliphatic heterocycles. The molecule has 0 radical (unpaired) electrons. The molecule has 0 aromatic heterocycles. The summed E-state index contributed by atoms with van der Waals surface area (Å²) in [7, 11) is 0. The largest absolute Gasteiger partial charge is 0.508 e. The van der Waals surface area contributed by atoms with Crippen LogP contribution in [0.3, 0.4) is 0 Å². The molecule has 1 amide bonds. The number of amidine groups is 1. The van der Waals surface area contributed by atoms with E-state index >= 15 is 0 Å². The Morgan fingerprint density at radius 2 is 1.92 bits per heavy atom. The summed E-state index contributed by atoms with van der Waals surface area (Å²) in [6.07, 6.45) is 2.90. The molecule has 128 valence electrons. The fraction of sp³-hybridized carbons (Fsp3) is 0.200. The number of phenolic OH excluding ortho intramolecular Hbond substituents is 1. The van der Waals surface area contributed by atoms with Gasteiger partial charge in [0.15, 0.2) is 5.17 Å². The second kappa shape index (κ2) is 7.57. The van der Waals surface area contributed by atoms with Crippen molar-refractivity contribution in [1.29, 1.82) is 0 Å². The fourth-order valence-electron chi connectivity index (χ4n) is 2.54. The summed E-state index contributed by atoms with van der Waals surface area (Å²) in [6.45, 7) is 4.60. The Morgan fingerprint density at radius 1 is 1.16 bits per heavy atom. The predicted molar refractivity (Wildman–Crippen MR) is 104 cm³/mol. The number of carbonyl (C=O) groups excluding carboxylic acids is 1. The fourth-order valence-corrected chi connectivity index (χ4v) is 3.61. The number of aromatic hydroxyl groups is 1. The summed E-state index contributed by atoms with van der Waals surface area (Å²) in [6, 6.07) is 14.9. The molecule has 0 saturated carbocycles. The van der Waals surface area contributed by atoms with Crippen molar-refractivity contribution in [1.82, 2.24) is 4.90 Å². The van der Waals surface area contributed by atoms with Crippen LogP contribution in [0.4, 0.5) is 5.69 Å². The molecule has 2 aromatic rings. The van der Waals surface area contributed by atoms with Crippen molar-refractivity contribution in [2.45, 2.75) is 20.3 Å². The lowest BCUT2D eigenvalue weighted by atomic mass is 10.1. The zero-order valence-electron chi connectivity index (χ0n) is 14.3. The van der Waals surface area contributed by atoms with E-state index in [2.05, 4.69) is 24.0 Å². The summed E-state index contributed by atoms with van der Waals surface area (Å²) >= 11 is 1.36. The summed E-state index contributed by atoms with van der Waals surface area (Å²) < 4.78 is 0. The van der Waals surface area contributed by atoms with Crippen molar-refractivity contribution >= 4 is 34.6 Å². The minimum Gasteiger partial charge on any atom is -0.508 e. The Kier molecular flexibility index (Phi) is 5.24. The average Bonchev–Trinajstić information content (AvgIpc) is 2.90. The minimum atomic E-state index is -0.0361. The Labute approximate surface area is 151 Å². The van der Waals surface area contributed by atoms with Gasteiger partial charge in [-0.1, -0.05) is 37.3 Å². The predicted octanol–water partition coefficient (Wildman–Crippen LogP) is 4.58. The van der Waals surface area contributed by atoms with Gasteiger partial charge in [-0.15, -0.1) is 0 Å². The van der Waals surface area contributed by atoms with Crippen LogP contribution in [0.2, 0.25) is 0 Å². The average molecular weight is 352 g/mol. The molecule has 2 aromatic carbocycles. The lowest BCUT2D eigenvalue weighted by Crippen LogP contribution is -2.28. The van der Waals surface area contributed by atoms with E-state index in [9.17, 15) is 9.90 Å². The molecule has 1 fully saturated rings. The van der Waals surface area contributed by atoms with Crippen molar-refractivity contribution in [3.05, 3.63) is 64.6 Å². The van der Waals surface area contributed by atoms with E-state index in [1.807, 2.05) is 25.1 Å². The lowest BCUT2D eigenvalue weighted by Gasteiger charge is -2.12. The van der Waals surface area contributed by atoms with Crippen molar-refractivity contribution < 1.29 is 9.90 Å². The number of thioether (sulfide) groups is 1. The van der Waals surface area contributed by atoms with Crippen LogP contribution >= 0.6 is 11.8 Å². The first-order valence-electron chi connectivity index (χ1n) is 8.28. The SMILES string of the molecule is CCc1ccc(/C=C2\SC(=Nc3cccc(O)c3)N(CC)C2=O)cc1. The number of nitrogens with zero attached hydrogens (tertiary/aromatic N) is 2. The van der Waals surface area contributed by atoms with Gasteiger partial charge in [-0.3, -0.25) is 9.69 Å². The van der Waals surface area contributed by atoms with E-state index in [-0.39, 0.29) is 11.7 Å². The summed E-state index contributed by atoms with van der Waals surface area (Å²) in [5.74, 6) is 0.122. The number of phenols is 1. The van der Waals surface area contributed by atoms with Crippen molar-refractivity contribution in [3.8, 4) is 5.75 Å². The third-order valence-corrected chi connectivity index (χ3v) is 4.95. The number of hydrogen-bond donors (Lipinski definition) is 1. The van der Waals surface area contributed by atoms with E-state index in [0.717, 1.165) is 12.0 Å². The van der Waals surface area contributed by atoms with Gasteiger partial charge in [0.25, 0.3) is 5.91 Å². The number of benzene rings is 2. The molecule has 0 atom stereocenters. The molecule has 1 saturated heterocycles. The highest BCUT2D eigenvalue weighted by Crippen LogP contribution is 2.34. The molecule has 4 nitrogen and oxygen atoms in total. The topological polar surface area (TPSA) is 52.9 Å². The minimum absolute atomic E-state index is 0.0361. The van der Waals surface area contributed by atoms with E-state index in [1.54, 1.807) is 29.2 Å². The van der Waals surface area contributed by atoms with Crippen LogP contribution in [0.25, 0.3) is 6.08 Å². The second-order valence-electron chi connectivity index (χ2n) is 5.67. The molecule has 25 heavy (non-hydrogen) atoms. The van der Waals surface area contributed by atoms with Crippen molar-refractivity contribution in [2.75, 3.05) is 6.54 Å². The number of likely N-dealkylation sites (N-methyl/N-ethyl adjacent to an activating group) is 1. The highest BCUT2D eigenvalue weighted by Gasteiger charge is 2.32. The number of aliphatic imine (C=N–C) groups is 1. The number of aryl methyl sites for hydroxylation is 1. The molecule has 0 bridgehead atoms. The van der Waals surface area contributed by atoms with E-state index in [4.69, 9.17) is 0 Å². The quantitative estimate of drug-likeness (QED) is 0.820. The smallest absolute Gasteiger partial charge is 0.266 e. The molecule has 0 spiro atoms. The van der Waals surface area contributed by atoms with Gasteiger partial charge in [0.2, 0.25) is 0 Å². The maximum absolute atomic E-state index is 12.6. The molecule has 0 aliphatic carbocycles. The Bertz CT molecular complexity index is 841. The van der Waals surface area contributed by atoms with Crippen molar-refractivity contribution in [3.63, 3.8) is 0 Å². The third-order valence-electron chi connectivity index (χ3n) is 3.94. The Morgan fingerprint density at radius 3 is 2.56 bits per heavy atom. The summed E-state index contributed by atoms with van der Waals surface area (Å²) in [4.78, 5) is 19.5. The molecular formula is C20H20N2O2S. The third kappa shape index (κ3) is 3.94. The Hall–Kier alpha value is -2.53. The molecule has 1 heterocycles. The monoisotopic (exact) mass is 352 g/mol. The van der Waals surface area contributed by atoms with E-state index in [1.165, 1.54) is 17.3 Å². The number of hydrogen-bond acceptors (Lipinski definition) is 4. The van der Waals surface area contributed by atoms with Crippen LogP contribution in [0.1, 0.15) is 25.0 Å². The van der Waals surface area contributed by atoms with Gasteiger partial charge in [-0.05, 0) is 54.4 Å². The van der Waals surface area contributed by atoms with Crippen LogP contribution in [0.5, 0.6) is 5.75 Å². The van der Waals surface area contributed by atoms with Gasteiger partial charge in [0.1, 0.15) is 5.75 Å². The molecular weight excluding hydrogens is 332 g/mol. The maximum atomic E-state index is 12.6. The van der Waals surface area contributed by atoms with Gasteiger partial charge in [-0.25, -0.2) is 4.99 Å². The summed E-state index contributed by atoms with van der Waals surface area (Å²) in [5.41, 5.74) is 2.90. The first-order valence-corrected chi connectivity index (χ1v) is 9.10. The van der Waals surface area contributed by atoms with Crippen LogP contribution < -0.4 is 0 Å². The summed E-state index contributed by atoms with van der Waals surface area (Å²) in [5, 5.41) is 10.2. The normalized spacial score (nSPS) is 17.7. The van der Waals surface area contributed by atoms with Gasteiger partial charge in [-0.2, -0.15) is 0 Å². The zero-order chi connectivity index (χ0) is 17.8. The zero-order valence-corrected chi connectivity index (χ0v) is 15.1. The van der Waals surface area contributed by atoms with Crippen LogP contribution in [0, 0.1) is 0 Å². The molecule has 1 aliphatic rings. The Balaban J connectivity index is 1.90. The maximum Gasteiger partial charge on any atom is 0.266 e. The van der Waals surface area contributed by atoms with Gasteiger partial charge in [0.05, 0.1) is 10.6 Å². The number of carbonyl (C=O) groups is 1. The van der Waals surface area contributed by atoms with Crippen molar-refractivity contribution in [2.24, 2.45) is 4.99 Å². The second-order valence-corrected chi connectivity index (χ2v) is 6.68. The van der Waals surface area contributed by atoms with Gasteiger partial charge in [0, 0.05) is 12.6 Å². The highest BCUT2D eigenvalue weighted by molar-refractivity contribution is 8.18. The number of amides is 1. The van der Waals surface area contributed by atoms with E-state index < -0.39 is 0 Å². The molecule has 3 rings (SSSR count). The van der Waals surface area contributed by atoms with E-state index in [0.29, 0.717) is 22.3 Å². The highest BCUT2D eigenvalue weighted by atomic mass is 32.2. The van der Waals surface area contributed by atoms with Gasteiger partial charge < -0.3 is 5.11 Å². The molecule has 1 N–H and O–H groups in total. The molecule has 5 heteroatoms. The lowest BCUT2D eigenvalue weighted by molar-refractivity contribution is -0.122. The number of rotatable bonds is 4. The standard InChI is InChI=1S/C20H20N2O2S/c1-3-14-8-10-15(11-9-14)12-18-19(24)22(4-2)20(25-18)21-16-6-5-7-17(23)13-16/h5-13,23H,3-4H2,1-2H3/b18-12-,21-20?.